The first-order chi connectivity index (χ1) is 15.0. The fraction of sp³-hybridized carbons (Fsp3) is 0.0455. The number of carbonyl (C=O) groups excluding carboxylic acids is 1. The highest BCUT2D eigenvalue weighted by molar-refractivity contribution is 8.93. The molecule has 7 nitrogen and oxygen atoms in total. The number of carbonyl (C=O) groups is 1. The van der Waals surface area contributed by atoms with Gasteiger partial charge in [-0.3, -0.25) is 19.2 Å². The Morgan fingerprint density at radius 1 is 0.938 bits per heavy atom. The van der Waals surface area contributed by atoms with Gasteiger partial charge in [-0.05, 0) is 48.5 Å². The number of rotatable bonds is 4. The molecule has 5 rings (SSSR count). The van der Waals surface area contributed by atoms with E-state index < -0.39 is 0 Å². The van der Waals surface area contributed by atoms with Gasteiger partial charge in [0.15, 0.2) is 5.78 Å². The first-order valence-corrected chi connectivity index (χ1v) is 9.15. The van der Waals surface area contributed by atoms with E-state index in [-0.39, 0.29) is 46.6 Å². The largest absolute Gasteiger partial charge is 0.432 e. The van der Waals surface area contributed by atoms with E-state index in [0.29, 0.717) is 11.4 Å². The van der Waals surface area contributed by atoms with Gasteiger partial charge in [0.2, 0.25) is 0 Å². The van der Waals surface area contributed by atoms with E-state index in [1.54, 1.807) is 29.0 Å². The molecule has 3 aromatic heterocycles. The lowest BCUT2D eigenvalue weighted by Gasteiger charge is -2.01. The van der Waals surface area contributed by atoms with Crippen molar-refractivity contribution in [3.05, 3.63) is 103 Å². The van der Waals surface area contributed by atoms with Crippen molar-refractivity contribution < 1.29 is 22.4 Å². The van der Waals surface area contributed by atoms with Gasteiger partial charge in [-0.25, -0.2) is 8.78 Å². The van der Waals surface area contributed by atoms with E-state index in [1.165, 1.54) is 53.4 Å². The lowest BCUT2D eigenvalue weighted by atomic mass is 10.1. The second-order valence-corrected chi connectivity index (χ2v) is 6.49. The summed E-state index contributed by atoms with van der Waals surface area (Å²) in [4.78, 5) is 16.0. The normalized spacial score (nSPS) is 10.3. The fourth-order valence-corrected chi connectivity index (χ4v) is 2.80. The molecule has 0 atom stereocenters. The second kappa shape index (κ2) is 10.0. The van der Waals surface area contributed by atoms with E-state index in [2.05, 4.69) is 4.98 Å². The Bertz CT molecular complexity index is 1340. The summed E-state index contributed by atoms with van der Waals surface area (Å²) < 4.78 is 38.3. The van der Waals surface area contributed by atoms with Crippen molar-refractivity contribution in [2.75, 3.05) is 0 Å². The second-order valence-electron chi connectivity index (χ2n) is 6.49. The molecular formula is C22H17BrF2N4O3. The van der Waals surface area contributed by atoms with Crippen LogP contribution in [0.5, 0.6) is 0 Å². The standard InChI is InChI=1S/C11H9FN2O2.C11H7FN2O.BrH/c12-9-3-1-8(2-4-9)10(15)7-14-5-6-16-11(14)13;12-9-3-1-8(2-4-9)10-7-14-5-6-15-11(14)13-10;/h1-6,13H,7H2;1-7H;1H. The van der Waals surface area contributed by atoms with Crippen LogP contribution in [-0.2, 0) is 6.54 Å². The predicted octanol–water partition coefficient (Wildman–Crippen LogP) is 4.89. The highest BCUT2D eigenvalue weighted by Crippen LogP contribution is 2.19. The summed E-state index contributed by atoms with van der Waals surface area (Å²) in [7, 11) is 0. The van der Waals surface area contributed by atoms with Crippen molar-refractivity contribution in [1.82, 2.24) is 14.0 Å². The van der Waals surface area contributed by atoms with E-state index in [9.17, 15) is 13.6 Å². The van der Waals surface area contributed by atoms with Gasteiger partial charge in [0.25, 0.3) is 5.68 Å². The smallest absolute Gasteiger partial charge is 0.306 e. The Morgan fingerprint density at radius 2 is 1.56 bits per heavy atom. The molecule has 0 aliphatic rings. The maximum Gasteiger partial charge on any atom is 0.306 e. The van der Waals surface area contributed by atoms with Crippen LogP contribution < -0.4 is 5.68 Å². The number of hydrogen-bond acceptors (Lipinski definition) is 5. The molecule has 0 aliphatic carbocycles. The molecule has 1 N–H and O–H groups in total. The van der Waals surface area contributed by atoms with Gasteiger partial charge in [-0.15, -0.1) is 17.0 Å². The molecule has 164 valence electrons. The first-order valence-electron chi connectivity index (χ1n) is 9.15. The van der Waals surface area contributed by atoms with E-state index in [1.807, 2.05) is 6.20 Å². The summed E-state index contributed by atoms with van der Waals surface area (Å²) in [6.07, 6.45) is 8.02. The van der Waals surface area contributed by atoms with Crippen molar-refractivity contribution in [2.24, 2.45) is 0 Å². The summed E-state index contributed by atoms with van der Waals surface area (Å²) in [5.41, 5.74) is 1.97. The van der Waals surface area contributed by atoms with E-state index >= 15 is 0 Å². The molecule has 0 amide bonds. The minimum Gasteiger partial charge on any atom is -0.432 e. The van der Waals surface area contributed by atoms with Crippen LogP contribution in [0.25, 0.3) is 17.1 Å². The van der Waals surface area contributed by atoms with Crippen molar-refractivity contribution in [2.45, 2.75) is 6.54 Å². The number of nitrogens with zero attached hydrogens (tertiary/aromatic N) is 3. The van der Waals surface area contributed by atoms with Crippen molar-refractivity contribution in [3.8, 4) is 11.3 Å². The van der Waals surface area contributed by atoms with Gasteiger partial charge >= 0.3 is 5.84 Å². The number of benzene rings is 2. The molecule has 5 aromatic rings. The van der Waals surface area contributed by atoms with E-state index in [0.717, 1.165) is 11.3 Å². The molecule has 32 heavy (non-hydrogen) atoms. The number of oxazole rings is 2. The Hall–Kier alpha value is -3.79. The summed E-state index contributed by atoms with van der Waals surface area (Å²) in [6.45, 7) is 0.0148. The molecule has 0 fully saturated rings. The number of fused-ring (bicyclic) bond motifs is 1. The molecular weight excluding hydrogens is 486 g/mol. The lowest BCUT2D eigenvalue weighted by molar-refractivity contribution is 0.0968. The summed E-state index contributed by atoms with van der Waals surface area (Å²) in [6, 6.07) is 11.5. The molecule has 0 bridgehead atoms. The Balaban J connectivity index is 0.000000175. The van der Waals surface area contributed by atoms with Gasteiger partial charge in [0.05, 0.1) is 12.2 Å². The molecule has 10 heteroatoms. The van der Waals surface area contributed by atoms with Crippen molar-refractivity contribution in [3.63, 3.8) is 0 Å². The topological polar surface area (TPSA) is 89.4 Å². The van der Waals surface area contributed by atoms with Crippen LogP contribution in [0.4, 0.5) is 8.78 Å². The monoisotopic (exact) mass is 502 g/mol. The van der Waals surface area contributed by atoms with Gasteiger partial charge in [0, 0.05) is 29.7 Å². The molecule has 0 saturated heterocycles. The highest BCUT2D eigenvalue weighted by atomic mass is 79.9. The van der Waals surface area contributed by atoms with Crippen molar-refractivity contribution >= 4 is 28.6 Å². The maximum atomic E-state index is 12.7. The summed E-state index contributed by atoms with van der Waals surface area (Å²) >= 11 is 0. The maximum absolute atomic E-state index is 12.7. The summed E-state index contributed by atoms with van der Waals surface area (Å²) in [5.74, 6) is -0.287. The highest BCUT2D eigenvalue weighted by Gasteiger charge is 2.08. The molecule has 2 aromatic carbocycles. The van der Waals surface area contributed by atoms with Crippen molar-refractivity contribution in [1.29, 1.82) is 5.41 Å². The van der Waals surface area contributed by atoms with Crippen LogP contribution in [0.2, 0.25) is 0 Å². The van der Waals surface area contributed by atoms with E-state index in [4.69, 9.17) is 14.2 Å². The number of aromatic nitrogens is 3. The minimum absolute atomic E-state index is 0. The number of hydrogen-bond donors (Lipinski definition) is 1. The number of imidazole rings is 1. The zero-order chi connectivity index (χ0) is 21.8. The molecule has 0 saturated carbocycles. The van der Waals surface area contributed by atoms with Crippen LogP contribution in [0.15, 0.2) is 88.5 Å². The predicted molar refractivity (Wildman–Crippen MR) is 116 cm³/mol. The quantitative estimate of drug-likeness (QED) is 0.354. The third-order valence-electron chi connectivity index (χ3n) is 4.39. The van der Waals surface area contributed by atoms with Crippen LogP contribution in [0.1, 0.15) is 10.4 Å². The van der Waals surface area contributed by atoms with Crippen LogP contribution in [-0.4, -0.2) is 19.7 Å². The first kappa shape index (κ1) is 22.9. The fourth-order valence-electron chi connectivity index (χ4n) is 2.80. The number of nitrogens with one attached hydrogen (secondary N) is 1. The van der Waals surface area contributed by atoms with Crippen LogP contribution in [0.3, 0.4) is 0 Å². The Morgan fingerprint density at radius 3 is 2.16 bits per heavy atom. The number of halogens is 3. The van der Waals surface area contributed by atoms with Gasteiger partial charge in [-0.1, -0.05) is 0 Å². The average molecular weight is 503 g/mol. The van der Waals surface area contributed by atoms with Crippen LogP contribution in [0, 0.1) is 17.0 Å². The zero-order valence-corrected chi connectivity index (χ0v) is 18.2. The molecule has 0 spiro atoms. The third kappa shape index (κ3) is 5.27. The lowest BCUT2D eigenvalue weighted by Crippen LogP contribution is -2.19. The van der Waals surface area contributed by atoms with Crippen LogP contribution >= 0.6 is 17.0 Å². The minimum atomic E-state index is -0.381. The third-order valence-corrected chi connectivity index (χ3v) is 4.39. The SMILES string of the molecule is Br.Fc1ccc(-c2cn3ccoc3n2)cc1.N=c1occn1CC(=O)c1ccc(F)cc1. The molecule has 0 radical (unpaired) electrons. The number of ketones is 1. The Labute approximate surface area is 190 Å². The molecule has 0 unspecified atom stereocenters. The number of Topliss-reactive ketones (excluding diaryl/α,β-unsaturated/α-hetero) is 1. The zero-order valence-electron chi connectivity index (χ0n) is 16.4. The summed E-state index contributed by atoms with van der Waals surface area (Å²) in [5, 5.41) is 7.32. The molecule has 3 heterocycles. The Kier molecular flexibility index (Phi) is 7.16. The van der Waals surface area contributed by atoms with Gasteiger partial charge in [0.1, 0.15) is 24.2 Å². The van der Waals surface area contributed by atoms with Gasteiger partial charge < -0.3 is 8.83 Å². The molecule has 0 aliphatic heterocycles. The average Bonchev–Trinajstić information content (AvgIpc) is 3.47. The van der Waals surface area contributed by atoms with Gasteiger partial charge in [-0.2, -0.15) is 4.98 Å².